The lowest BCUT2D eigenvalue weighted by Gasteiger charge is -2.36. The Kier molecular flexibility index (Phi) is 8.23. The minimum atomic E-state index is 0.397. The predicted octanol–water partition coefficient (Wildman–Crippen LogP) is 2.80. The van der Waals surface area contributed by atoms with Gasteiger partial charge in [0.15, 0.2) is 0 Å². The second-order valence-corrected chi connectivity index (χ2v) is 6.65. The molecule has 1 aliphatic rings. The van der Waals surface area contributed by atoms with E-state index >= 15 is 0 Å². The largest absolute Gasteiger partial charge is 0.312 e. The van der Waals surface area contributed by atoms with E-state index in [2.05, 4.69) is 69.0 Å². The van der Waals surface area contributed by atoms with Crippen molar-refractivity contribution in [3.8, 4) is 0 Å². The lowest BCUT2D eigenvalue weighted by Crippen LogP contribution is -2.50. The van der Waals surface area contributed by atoms with Gasteiger partial charge in [0.1, 0.15) is 0 Å². The van der Waals surface area contributed by atoms with Crippen LogP contribution >= 0.6 is 0 Å². The molecule has 4 atom stereocenters. The summed E-state index contributed by atoms with van der Waals surface area (Å²) >= 11 is 0. The van der Waals surface area contributed by atoms with Crippen molar-refractivity contribution < 1.29 is 0 Å². The topological polar surface area (TPSA) is 27.3 Å². The van der Waals surface area contributed by atoms with Crippen LogP contribution in [0.3, 0.4) is 0 Å². The highest BCUT2D eigenvalue weighted by atomic mass is 15.2. The maximum atomic E-state index is 3.95. The van der Waals surface area contributed by atoms with Crippen molar-refractivity contribution >= 4 is 0 Å². The Bertz CT molecular complexity index is 324. The van der Waals surface area contributed by atoms with E-state index in [9.17, 15) is 0 Å². The zero-order chi connectivity index (χ0) is 15.8. The van der Waals surface area contributed by atoms with E-state index in [1.54, 1.807) is 0 Å². The first-order chi connectivity index (χ1) is 10.0. The molecule has 3 heteroatoms. The third-order valence-corrected chi connectivity index (χ3v) is 4.40. The minimum absolute atomic E-state index is 0.397. The van der Waals surface area contributed by atoms with Crippen LogP contribution in [0, 0.1) is 5.92 Å². The highest BCUT2D eigenvalue weighted by molar-refractivity contribution is 5.07. The van der Waals surface area contributed by atoms with E-state index in [-0.39, 0.29) is 0 Å². The van der Waals surface area contributed by atoms with Gasteiger partial charge in [-0.2, -0.15) is 0 Å². The minimum Gasteiger partial charge on any atom is -0.312 e. The molecular formula is C18H35N3. The molecule has 0 aromatic carbocycles. The molecule has 2 N–H and O–H groups in total. The van der Waals surface area contributed by atoms with Crippen LogP contribution in [0.2, 0.25) is 0 Å². The van der Waals surface area contributed by atoms with Crippen LogP contribution in [-0.2, 0) is 0 Å². The van der Waals surface area contributed by atoms with E-state index in [1.807, 2.05) is 6.08 Å². The molecule has 21 heavy (non-hydrogen) atoms. The highest BCUT2D eigenvalue weighted by Crippen LogP contribution is 2.17. The molecule has 0 spiro atoms. The van der Waals surface area contributed by atoms with Crippen LogP contribution in [-0.4, -0.2) is 49.2 Å². The summed E-state index contributed by atoms with van der Waals surface area (Å²) in [5.41, 5.74) is 0. The molecule has 0 bridgehead atoms. The Hall–Kier alpha value is -0.640. The number of hydrogen-bond acceptors (Lipinski definition) is 3. The fourth-order valence-corrected chi connectivity index (χ4v) is 3.20. The third kappa shape index (κ3) is 5.57. The average molecular weight is 293 g/mol. The second-order valence-electron chi connectivity index (χ2n) is 6.65. The number of rotatable bonds is 6. The van der Waals surface area contributed by atoms with Crippen molar-refractivity contribution in [2.45, 2.75) is 64.7 Å². The van der Waals surface area contributed by atoms with Crippen molar-refractivity contribution in [1.82, 2.24) is 15.5 Å². The molecule has 0 aromatic heterocycles. The molecule has 122 valence electrons. The molecule has 1 heterocycles. The molecule has 3 nitrogen and oxygen atoms in total. The van der Waals surface area contributed by atoms with Crippen LogP contribution in [0.25, 0.3) is 0 Å². The first kappa shape index (κ1) is 18.4. The van der Waals surface area contributed by atoms with Gasteiger partial charge in [-0.15, -0.1) is 6.58 Å². The van der Waals surface area contributed by atoms with Crippen molar-refractivity contribution in [2.75, 3.05) is 20.1 Å². The van der Waals surface area contributed by atoms with Gasteiger partial charge >= 0.3 is 0 Å². The van der Waals surface area contributed by atoms with Gasteiger partial charge in [0.2, 0.25) is 0 Å². The maximum absolute atomic E-state index is 3.95. The summed E-state index contributed by atoms with van der Waals surface area (Å²) in [6.07, 6.45) is 8.93. The van der Waals surface area contributed by atoms with E-state index in [1.165, 1.54) is 0 Å². The van der Waals surface area contributed by atoms with E-state index in [4.69, 9.17) is 0 Å². The van der Waals surface area contributed by atoms with Gasteiger partial charge in [-0.05, 0) is 32.7 Å². The van der Waals surface area contributed by atoms with Gasteiger partial charge < -0.3 is 10.6 Å². The lowest BCUT2D eigenvalue weighted by atomic mass is 10.0. The quantitative estimate of drug-likeness (QED) is 0.738. The first-order valence-electron chi connectivity index (χ1n) is 8.49. The van der Waals surface area contributed by atoms with Crippen LogP contribution < -0.4 is 10.6 Å². The van der Waals surface area contributed by atoms with Gasteiger partial charge in [0.05, 0.1) is 0 Å². The molecule has 0 fully saturated rings. The van der Waals surface area contributed by atoms with Crippen LogP contribution in [0.5, 0.6) is 0 Å². The number of likely N-dealkylation sites (N-methyl/N-ethyl adjacent to an activating group) is 1. The molecule has 0 aliphatic carbocycles. The summed E-state index contributed by atoms with van der Waals surface area (Å²) in [5, 5.41) is 7.19. The Morgan fingerprint density at radius 3 is 2.67 bits per heavy atom. The fourth-order valence-electron chi connectivity index (χ4n) is 3.20. The van der Waals surface area contributed by atoms with Crippen LogP contribution in [0.4, 0.5) is 0 Å². The normalized spacial score (nSPS) is 33.2. The lowest BCUT2D eigenvalue weighted by molar-refractivity contribution is 0.147. The van der Waals surface area contributed by atoms with Gasteiger partial charge in [-0.25, -0.2) is 0 Å². The number of nitrogens with zero attached hydrogens (tertiary/aromatic N) is 1. The third-order valence-electron chi connectivity index (χ3n) is 4.40. The number of hydrogen-bond donors (Lipinski definition) is 2. The molecule has 0 radical (unpaired) electrons. The fraction of sp³-hybridized carbons (Fsp3) is 0.778. The van der Waals surface area contributed by atoms with Crippen molar-refractivity contribution in [3.63, 3.8) is 0 Å². The smallest absolute Gasteiger partial charge is 0.0403 e. The van der Waals surface area contributed by atoms with Crippen molar-refractivity contribution in [3.05, 3.63) is 24.8 Å². The average Bonchev–Trinajstić information content (AvgIpc) is 2.51. The molecule has 0 saturated carbocycles. The zero-order valence-electron chi connectivity index (χ0n) is 14.6. The standard InChI is InChI=1S/C18H35N3/c1-7-9-16-10-11-18(19-6)17(8-2)20-12-15(5)21(16)13-14(3)4/h7,10-11,14-20H,1,8-9,12-13H2,2-6H3/b11-10+. The number of nitrogens with one attached hydrogen (secondary N) is 2. The summed E-state index contributed by atoms with van der Waals surface area (Å²) in [7, 11) is 2.05. The zero-order valence-corrected chi connectivity index (χ0v) is 14.6. The Morgan fingerprint density at radius 2 is 2.14 bits per heavy atom. The van der Waals surface area contributed by atoms with Crippen molar-refractivity contribution in [2.24, 2.45) is 5.92 Å². The second kappa shape index (κ2) is 9.39. The van der Waals surface area contributed by atoms with E-state index < -0.39 is 0 Å². The Labute approximate surface area is 131 Å². The summed E-state index contributed by atoms with van der Waals surface area (Å²) < 4.78 is 0. The van der Waals surface area contributed by atoms with Gasteiger partial charge in [0.25, 0.3) is 0 Å². The van der Waals surface area contributed by atoms with E-state index in [0.29, 0.717) is 30.1 Å². The highest BCUT2D eigenvalue weighted by Gasteiger charge is 2.26. The monoisotopic (exact) mass is 293 g/mol. The van der Waals surface area contributed by atoms with Gasteiger partial charge in [0, 0.05) is 37.3 Å². The van der Waals surface area contributed by atoms with Crippen LogP contribution in [0.1, 0.15) is 40.5 Å². The van der Waals surface area contributed by atoms with Gasteiger partial charge in [-0.1, -0.05) is 39.0 Å². The Balaban J connectivity index is 2.99. The predicted molar refractivity (Wildman–Crippen MR) is 93.7 cm³/mol. The summed E-state index contributed by atoms with van der Waals surface area (Å²) in [6.45, 7) is 15.3. The molecule has 0 aromatic rings. The van der Waals surface area contributed by atoms with E-state index in [0.717, 1.165) is 25.9 Å². The summed E-state index contributed by atoms with van der Waals surface area (Å²) in [5.74, 6) is 0.677. The summed E-state index contributed by atoms with van der Waals surface area (Å²) in [6, 6.07) is 1.88. The Morgan fingerprint density at radius 1 is 1.43 bits per heavy atom. The van der Waals surface area contributed by atoms with Crippen LogP contribution in [0.15, 0.2) is 24.8 Å². The van der Waals surface area contributed by atoms with Gasteiger partial charge in [-0.3, -0.25) is 4.90 Å². The molecular weight excluding hydrogens is 258 g/mol. The molecule has 1 rings (SSSR count). The SMILES string of the molecule is C=CCC1/C=C/C(NC)C(CC)NCC(C)N1CC(C)C. The maximum Gasteiger partial charge on any atom is 0.0403 e. The molecule has 1 aliphatic heterocycles. The first-order valence-corrected chi connectivity index (χ1v) is 8.49. The molecule has 4 unspecified atom stereocenters. The molecule has 0 amide bonds. The molecule has 0 saturated heterocycles. The van der Waals surface area contributed by atoms with Crippen molar-refractivity contribution in [1.29, 1.82) is 0 Å². The summed E-state index contributed by atoms with van der Waals surface area (Å²) in [4.78, 5) is 2.63.